The van der Waals surface area contributed by atoms with Crippen LogP contribution in [0, 0.1) is 6.42 Å². The molecule has 0 amide bonds. The van der Waals surface area contributed by atoms with Crippen molar-refractivity contribution in [2.75, 3.05) is 5.75 Å². The van der Waals surface area contributed by atoms with Gasteiger partial charge in [0.2, 0.25) is 0 Å². The molecule has 0 aliphatic rings. The van der Waals surface area contributed by atoms with Gasteiger partial charge in [-0.2, -0.15) is 29.9 Å². The maximum Gasteiger partial charge on any atom is 1.00 e. The number of hydrogen-bond acceptors (Lipinski definition) is 1. The summed E-state index contributed by atoms with van der Waals surface area (Å²) in [5.41, 5.74) is 1.32. The van der Waals surface area contributed by atoms with Gasteiger partial charge >= 0.3 is 37.7 Å². The van der Waals surface area contributed by atoms with Crippen LogP contribution in [0.2, 0.25) is 0 Å². The van der Waals surface area contributed by atoms with E-state index in [1.807, 2.05) is 6.07 Å². The first-order valence-electron chi connectivity index (χ1n) is 4.40. The number of hydrogen-bond donors (Lipinski definition) is 0. The van der Waals surface area contributed by atoms with Crippen molar-refractivity contribution in [2.24, 2.45) is 0 Å². The summed E-state index contributed by atoms with van der Waals surface area (Å²) >= 11 is 4.87. The van der Waals surface area contributed by atoms with Crippen LogP contribution in [0.1, 0.15) is 24.8 Å². The second kappa shape index (κ2) is 11.7. The summed E-state index contributed by atoms with van der Waals surface area (Å²) in [6.45, 7) is 0. The summed E-state index contributed by atoms with van der Waals surface area (Å²) in [5, 5.41) is 0. The van der Waals surface area contributed by atoms with E-state index in [-0.39, 0.29) is 37.7 Å². The predicted molar refractivity (Wildman–Crippen MR) is 55.9 cm³/mol. The van der Waals surface area contributed by atoms with E-state index >= 15 is 0 Å². The van der Waals surface area contributed by atoms with E-state index in [0.29, 0.717) is 0 Å². The third-order valence-corrected chi connectivity index (χ3v) is 2.07. The second-order valence-corrected chi connectivity index (χ2v) is 3.22. The Morgan fingerprint density at radius 3 is 2.21 bits per heavy atom. The largest absolute Gasteiger partial charge is 1.00 e. The molecule has 14 heavy (non-hydrogen) atoms. The van der Waals surface area contributed by atoms with E-state index in [0.717, 1.165) is 12.2 Å². The van der Waals surface area contributed by atoms with Crippen LogP contribution in [0.25, 0.3) is 0 Å². The monoisotopic (exact) mass is 192 g/mol. The van der Waals surface area contributed by atoms with Gasteiger partial charge in [0.1, 0.15) is 0 Å². The number of unbranched alkanes of at least 4 members (excludes halogenated alkanes) is 2. The molecule has 66 valence electrons. The predicted octanol–water partition coefficient (Wildman–Crippen LogP) is -3.04. The van der Waals surface area contributed by atoms with E-state index in [1.54, 1.807) is 0 Å². The molecule has 0 radical (unpaired) electrons. The molecular formula is C11H14Li2S. The van der Waals surface area contributed by atoms with Crippen LogP contribution in [0.5, 0.6) is 0 Å². The Bertz CT molecular complexity index is 202. The molecule has 0 N–H and O–H groups in total. The van der Waals surface area contributed by atoms with E-state index in [2.05, 4.69) is 30.7 Å². The topological polar surface area (TPSA) is 0 Å². The van der Waals surface area contributed by atoms with Crippen molar-refractivity contribution in [1.29, 1.82) is 0 Å². The van der Waals surface area contributed by atoms with Gasteiger partial charge in [-0.25, -0.2) is 0 Å². The molecule has 1 aromatic carbocycles. The van der Waals surface area contributed by atoms with Crippen molar-refractivity contribution >= 4 is 12.6 Å². The Labute approximate surface area is 117 Å². The molecular weight excluding hydrogens is 178 g/mol. The first kappa shape index (κ1) is 17.0. The molecule has 0 saturated heterocycles. The zero-order valence-electron chi connectivity index (χ0n) is 9.20. The summed E-state index contributed by atoms with van der Waals surface area (Å²) in [6.07, 6.45) is 5.81. The van der Waals surface area contributed by atoms with Gasteiger partial charge < -0.3 is 12.6 Å². The van der Waals surface area contributed by atoms with Gasteiger partial charge in [-0.1, -0.05) is 25.3 Å². The van der Waals surface area contributed by atoms with Crippen molar-refractivity contribution in [3.05, 3.63) is 42.3 Å². The van der Waals surface area contributed by atoms with Crippen LogP contribution in [-0.2, 0) is 12.6 Å². The SMILES string of the molecule is [Li+].[Li+].[S-]CCCC[CH-]c1ccccc1. The smallest absolute Gasteiger partial charge is 0.793 e. The summed E-state index contributed by atoms with van der Waals surface area (Å²) in [6, 6.07) is 10.4. The van der Waals surface area contributed by atoms with E-state index < -0.39 is 0 Å². The van der Waals surface area contributed by atoms with Gasteiger partial charge in [0.25, 0.3) is 0 Å². The molecule has 0 unspecified atom stereocenters. The molecule has 1 rings (SSSR count). The molecule has 0 aromatic heterocycles. The Kier molecular flexibility index (Phi) is 14.3. The molecule has 0 heterocycles. The van der Waals surface area contributed by atoms with Gasteiger partial charge in [-0.05, 0) is 0 Å². The standard InChI is InChI=1S/C11H15S.2Li/c12-10-6-2-5-9-11-7-3-1-4-8-11;;/h1,3-4,7-9,12H,2,5-6,10H2;;/q-1;2*+1/p-1. The Balaban J connectivity index is 0. The van der Waals surface area contributed by atoms with Gasteiger partial charge in [0, 0.05) is 0 Å². The zero-order chi connectivity index (χ0) is 8.65. The van der Waals surface area contributed by atoms with Crippen LogP contribution >= 0.6 is 0 Å². The van der Waals surface area contributed by atoms with Crippen molar-refractivity contribution < 1.29 is 37.7 Å². The molecule has 3 heteroatoms. The minimum absolute atomic E-state index is 0. The summed E-state index contributed by atoms with van der Waals surface area (Å²) in [4.78, 5) is 0. The van der Waals surface area contributed by atoms with Gasteiger partial charge in [0.05, 0.1) is 0 Å². The van der Waals surface area contributed by atoms with Crippen LogP contribution in [0.4, 0.5) is 0 Å². The van der Waals surface area contributed by atoms with E-state index in [1.165, 1.54) is 18.4 Å². The minimum Gasteiger partial charge on any atom is -0.793 e. The molecule has 0 atom stereocenters. The normalized spacial score (nSPS) is 8.36. The maximum atomic E-state index is 4.87. The van der Waals surface area contributed by atoms with Crippen LogP contribution in [-0.4, -0.2) is 5.75 Å². The van der Waals surface area contributed by atoms with Crippen LogP contribution < -0.4 is 37.7 Å². The molecule has 0 fully saturated rings. The van der Waals surface area contributed by atoms with Crippen molar-refractivity contribution in [3.63, 3.8) is 0 Å². The van der Waals surface area contributed by atoms with Gasteiger partial charge in [-0.15, -0.1) is 12.1 Å². The maximum absolute atomic E-state index is 4.87. The summed E-state index contributed by atoms with van der Waals surface area (Å²) in [7, 11) is 0. The fourth-order valence-electron chi connectivity index (χ4n) is 1.10. The minimum atomic E-state index is 0. The molecule has 0 spiro atoms. The third kappa shape index (κ3) is 7.99. The van der Waals surface area contributed by atoms with Crippen LogP contribution in [0.15, 0.2) is 30.3 Å². The Hall–Kier alpha value is 0.635. The first-order valence-corrected chi connectivity index (χ1v) is 4.97. The van der Waals surface area contributed by atoms with Gasteiger partial charge in [0.15, 0.2) is 0 Å². The molecule has 0 bridgehead atoms. The van der Waals surface area contributed by atoms with Crippen molar-refractivity contribution in [1.82, 2.24) is 0 Å². The summed E-state index contributed by atoms with van der Waals surface area (Å²) < 4.78 is 0. The number of rotatable bonds is 5. The van der Waals surface area contributed by atoms with Crippen molar-refractivity contribution in [2.45, 2.75) is 19.3 Å². The molecule has 0 saturated carbocycles. The quantitative estimate of drug-likeness (QED) is 0.207. The summed E-state index contributed by atoms with van der Waals surface area (Å²) in [5.74, 6) is 0.891. The fraction of sp³-hybridized carbons (Fsp3) is 0.364. The first-order chi connectivity index (χ1) is 5.93. The van der Waals surface area contributed by atoms with Crippen molar-refractivity contribution in [3.8, 4) is 0 Å². The van der Waals surface area contributed by atoms with E-state index in [9.17, 15) is 0 Å². The van der Waals surface area contributed by atoms with E-state index in [4.69, 9.17) is 12.6 Å². The average molecular weight is 192 g/mol. The zero-order valence-corrected chi connectivity index (χ0v) is 10.0. The molecule has 1 aromatic rings. The van der Waals surface area contributed by atoms with Crippen LogP contribution in [0.3, 0.4) is 0 Å². The second-order valence-electron chi connectivity index (χ2n) is 2.81. The Morgan fingerprint density at radius 2 is 1.64 bits per heavy atom. The fourth-order valence-corrected chi connectivity index (χ4v) is 1.31. The molecule has 0 nitrogen and oxygen atoms in total. The average Bonchev–Trinajstić information content (AvgIpc) is 2.14. The third-order valence-electron chi connectivity index (χ3n) is 1.78. The number of benzene rings is 1. The molecule has 0 aliphatic heterocycles. The molecule has 0 aliphatic carbocycles. The Morgan fingerprint density at radius 1 is 1.00 bits per heavy atom. The van der Waals surface area contributed by atoms with Gasteiger partial charge in [-0.3, -0.25) is 0 Å².